The van der Waals surface area contributed by atoms with Crippen LogP contribution in [0, 0.1) is 5.82 Å². The fourth-order valence-electron chi connectivity index (χ4n) is 4.40. The highest BCUT2D eigenvalue weighted by Crippen LogP contribution is 2.29. The van der Waals surface area contributed by atoms with Gasteiger partial charge >= 0.3 is 0 Å². The van der Waals surface area contributed by atoms with Crippen molar-refractivity contribution in [3.05, 3.63) is 77.4 Å². The van der Waals surface area contributed by atoms with E-state index < -0.39 is 42.4 Å². The molecular formula is C28H33FN3O6-. The van der Waals surface area contributed by atoms with E-state index in [1.807, 2.05) is 19.9 Å². The number of hydrogen-bond acceptors (Lipinski definition) is 7. The Morgan fingerprint density at radius 1 is 1.05 bits per heavy atom. The number of halogens is 1. The van der Waals surface area contributed by atoms with Gasteiger partial charge in [-0.15, -0.1) is 0 Å². The van der Waals surface area contributed by atoms with E-state index in [-0.39, 0.29) is 37.6 Å². The van der Waals surface area contributed by atoms with Gasteiger partial charge in [0.05, 0.1) is 30.6 Å². The molecule has 3 aromatic rings. The smallest absolute Gasteiger partial charge is 0.272 e. The summed E-state index contributed by atoms with van der Waals surface area (Å²) in [4.78, 5) is 28.8. The largest absolute Gasteiger partial charge is 0.550 e. The number of amides is 1. The predicted octanol–water partition coefficient (Wildman–Crippen LogP) is 1.92. The molecule has 0 spiro atoms. The Hall–Kier alpha value is -3.60. The summed E-state index contributed by atoms with van der Waals surface area (Å²) < 4.78 is 15.4. The number of nitrogens with zero attached hydrogens (tertiary/aromatic N) is 2. The van der Waals surface area contributed by atoms with Crippen molar-refractivity contribution >= 4 is 11.9 Å². The van der Waals surface area contributed by atoms with Gasteiger partial charge in [0.1, 0.15) is 17.3 Å². The van der Waals surface area contributed by atoms with Crippen LogP contribution in [0.5, 0.6) is 0 Å². The number of benzene rings is 2. The van der Waals surface area contributed by atoms with E-state index in [2.05, 4.69) is 10.3 Å². The number of carbonyl (C=O) groups is 2. The first kappa shape index (κ1) is 29.0. The van der Waals surface area contributed by atoms with Crippen LogP contribution in [0.25, 0.3) is 11.4 Å². The zero-order chi connectivity index (χ0) is 27.8. The number of carboxylic acids is 1. The van der Waals surface area contributed by atoms with Crippen LogP contribution in [-0.2, 0) is 11.3 Å². The zero-order valence-corrected chi connectivity index (χ0v) is 21.4. The third kappa shape index (κ3) is 7.47. The lowest BCUT2D eigenvalue weighted by atomic mass is 10.0. The van der Waals surface area contributed by atoms with Crippen molar-refractivity contribution in [1.29, 1.82) is 0 Å². The van der Waals surface area contributed by atoms with Crippen LogP contribution in [0.15, 0.2) is 54.6 Å². The molecule has 2 aromatic carbocycles. The van der Waals surface area contributed by atoms with E-state index in [9.17, 15) is 34.4 Å². The predicted molar refractivity (Wildman–Crippen MR) is 136 cm³/mol. The minimum absolute atomic E-state index is 0.138. The van der Waals surface area contributed by atoms with Gasteiger partial charge < -0.3 is 35.1 Å². The van der Waals surface area contributed by atoms with Crippen molar-refractivity contribution in [1.82, 2.24) is 14.9 Å². The summed E-state index contributed by atoms with van der Waals surface area (Å²) in [6, 6.07) is 14.0. The Kier molecular flexibility index (Phi) is 10.1. The highest BCUT2D eigenvalue weighted by atomic mass is 19.1. The molecule has 1 heterocycles. The Balaban J connectivity index is 1.96. The molecule has 10 heteroatoms. The molecule has 0 unspecified atom stereocenters. The van der Waals surface area contributed by atoms with Crippen molar-refractivity contribution in [3.8, 4) is 11.4 Å². The molecule has 0 saturated carbocycles. The summed E-state index contributed by atoms with van der Waals surface area (Å²) in [5, 5.41) is 43.8. The lowest BCUT2D eigenvalue weighted by Gasteiger charge is -2.20. The number of aromatic nitrogens is 2. The molecule has 3 atom stereocenters. The lowest BCUT2D eigenvalue weighted by molar-refractivity contribution is -0.307. The topological polar surface area (TPSA) is 148 Å². The van der Waals surface area contributed by atoms with Gasteiger partial charge in [-0.2, -0.15) is 0 Å². The van der Waals surface area contributed by atoms with Crippen LogP contribution in [0.4, 0.5) is 4.39 Å². The van der Waals surface area contributed by atoms with Gasteiger partial charge in [0.25, 0.3) is 5.91 Å². The minimum atomic E-state index is -1.41. The van der Waals surface area contributed by atoms with Gasteiger partial charge in [0.2, 0.25) is 0 Å². The number of aliphatic hydroxyl groups is 3. The monoisotopic (exact) mass is 526 g/mol. The van der Waals surface area contributed by atoms with E-state index in [1.165, 1.54) is 12.1 Å². The average Bonchev–Trinajstić information content (AvgIpc) is 3.26. The first-order chi connectivity index (χ1) is 18.1. The summed E-state index contributed by atoms with van der Waals surface area (Å²) in [5.41, 5.74) is 2.00. The summed E-state index contributed by atoms with van der Waals surface area (Å²) in [6.07, 6.45) is -2.89. The highest BCUT2D eigenvalue weighted by molar-refractivity contribution is 5.94. The number of imidazole rings is 1. The molecule has 3 rings (SSSR count). The van der Waals surface area contributed by atoms with Crippen LogP contribution in [0.3, 0.4) is 0 Å². The molecular weight excluding hydrogens is 493 g/mol. The molecule has 9 nitrogen and oxygen atoms in total. The molecule has 38 heavy (non-hydrogen) atoms. The highest BCUT2D eigenvalue weighted by Gasteiger charge is 2.27. The number of aliphatic hydroxyl groups excluding tert-OH is 3. The molecule has 204 valence electrons. The number of hydrogen-bond donors (Lipinski definition) is 4. The van der Waals surface area contributed by atoms with Crippen LogP contribution < -0.4 is 10.4 Å². The number of aliphatic carboxylic acids is 1. The van der Waals surface area contributed by atoms with E-state index in [0.717, 1.165) is 5.56 Å². The quantitative estimate of drug-likeness (QED) is 0.266. The van der Waals surface area contributed by atoms with Gasteiger partial charge in [-0.25, -0.2) is 9.37 Å². The normalized spacial score (nSPS) is 13.8. The Morgan fingerprint density at radius 2 is 1.71 bits per heavy atom. The van der Waals surface area contributed by atoms with Gasteiger partial charge in [-0.1, -0.05) is 44.2 Å². The van der Waals surface area contributed by atoms with Crippen LogP contribution in [-0.4, -0.2) is 55.6 Å². The fraction of sp³-hybridized carbons (Fsp3) is 0.393. The maximum absolute atomic E-state index is 13.6. The molecule has 0 fully saturated rings. The van der Waals surface area contributed by atoms with Crippen LogP contribution >= 0.6 is 0 Å². The number of rotatable bonds is 13. The van der Waals surface area contributed by atoms with Crippen molar-refractivity contribution in [2.75, 3.05) is 6.61 Å². The standard InChI is InChI=1S/C28H34FN3O6/c1-17(2)26-25(28(38)30-23(16-33)18-6-4-3-5-7-18)31-27(19-8-10-20(29)11-9-19)32(26)13-12-21(34)14-22(35)15-24(36)37/h3-11,17,21-23,33-35H,12-16H2,1-2H3,(H,30,38)(H,36,37)/p-1/t21-,22-,23-/m1/s1. The molecule has 0 aliphatic carbocycles. The summed E-state index contributed by atoms with van der Waals surface area (Å²) in [5.74, 6) is -2.12. The number of nitrogens with one attached hydrogen (secondary N) is 1. The van der Waals surface area contributed by atoms with Crippen molar-refractivity contribution in [3.63, 3.8) is 0 Å². The molecule has 0 radical (unpaired) electrons. The van der Waals surface area contributed by atoms with E-state index in [4.69, 9.17) is 0 Å². The summed E-state index contributed by atoms with van der Waals surface area (Å²) in [7, 11) is 0. The van der Waals surface area contributed by atoms with Crippen molar-refractivity contribution in [2.45, 2.75) is 63.8 Å². The molecule has 0 aliphatic heterocycles. The fourth-order valence-corrected chi connectivity index (χ4v) is 4.40. The molecule has 1 amide bonds. The SMILES string of the molecule is CC(C)c1c(C(=O)N[C@H](CO)c2ccccc2)nc(-c2ccc(F)cc2)n1CC[C@@H](O)C[C@@H](O)CC(=O)[O-]. The average molecular weight is 527 g/mol. The van der Waals surface area contributed by atoms with E-state index in [0.29, 0.717) is 17.1 Å². The molecule has 1 aromatic heterocycles. The third-order valence-electron chi connectivity index (χ3n) is 6.19. The Labute approximate surface area is 220 Å². The lowest BCUT2D eigenvalue weighted by Crippen LogP contribution is -2.32. The molecule has 4 N–H and O–H groups in total. The Morgan fingerprint density at radius 3 is 2.29 bits per heavy atom. The van der Waals surface area contributed by atoms with E-state index >= 15 is 0 Å². The second-order valence-electron chi connectivity index (χ2n) is 9.51. The maximum Gasteiger partial charge on any atom is 0.272 e. The van der Waals surface area contributed by atoms with Crippen molar-refractivity contribution in [2.24, 2.45) is 0 Å². The van der Waals surface area contributed by atoms with Crippen LogP contribution in [0.2, 0.25) is 0 Å². The zero-order valence-electron chi connectivity index (χ0n) is 21.4. The third-order valence-corrected chi connectivity index (χ3v) is 6.19. The second kappa shape index (κ2) is 13.3. The van der Waals surface area contributed by atoms with E-state index in [1.54, 1.807) is 41.0 Å². The molecule has 0 saturated heterocycles. The van der Waals surface area contributed by atoms with Gasteiger partial charge in [0, 0.05) is 24.5 Å². The van der Waals surface area contributed by atoms with Gasteiger partial charge in [-0.05, 0) is 48.6 Å². The summed E-state index contributed by atoms with van der Waals surface area (Å²) in [6.45, 7) is 3.65. The minimum Gasteiger partial charge on any atom is -0.550 e. The molecule has 0 bridgehead atoms. The van der Waals surface area contributed by atoms with Gasteiger partial charge in [-0.3, -0.25) is 4.79 Å². The Bertz CT molecular complexity index is 1210. The number of carboxylic acid groups (broad SMARTS) is 1. The second-order valence-corrected chi connectivity index (χ2v) is 9.51. The van der Waals surface area contributed by atoms with Crippen LogP contribution in [0.1, 0.15) is 66.8 Å². The first-order valence-corrected chi connectivity index (χ1v) is 12.5. The summed E-state index contributed by atoms with van der Waals surface area (Å²) >= 11 is 0. The maximum atomic E-state index is 13.6. The van der Waals surface area contributed by atoms with Gasteiger partial charge in [0.15, 0.2) is 0 Å². The number of carbonyl (C=O) groups excluding carboxylic acids is 2. The first-order valence-electron chi connectivity index (χ1n) is 12.5. The molecule has 0 aliphatic rings. The van der Waals surface area contributed by atoms with Crippen molar-refractivity contribution < 1.29 is 34.4 Å².